The number of aliphatic carboxylic acids is 2. The third-order valence-corrected chi connectivity index (χ3v) is 7.13. The molecule has 11 nitrogen and oxygen atoms in total. The van der Waals surface area contributed by atoms with E-state index in [1.54, 1.807) is 43.4 Å². The van der Waals surface area contributed by atoms with Crippen LogP contribution in [-0.4, -0.2) is 68.4 Å². The minimum atomic E-state index is -5.08. The van der Waals surface area contributed by atoms with E-state index in [1.165, 1.54) is 16.7 Å². The summed E-state index contributed by atoms with van der Waals surface area (Å²) in [5.74, 6) is -4.72. The number of aryl methyl sites for hydroxylation is 1. The molecule has 1 heterocycles. The first-order chi connectivity index (χ1) is 21.4. The molecular formula is C30H27Cl2F3N4O7. The van der Waals surface area contributed by atoms with E-state index in [0.29, 0.717) is 28.7 Å². The van der Waals surface area contributed by atoms with Gasteiger partial charge in [0.1, 0.15) is 6.04 Å². The maximum atomic E-state index is 13.3. The van der Waals surface area contributed by atoms with Crippen LogP contribution in [0.15, 0.2) is 70.3 Å². The summed E-state index contributed by atoms with van der Waals surface area (Å²) in [6, 6.07) is 15.0. The van der Waals surface area contributed by atoms with Crippen molar-refractivity contribution in [2.24, 2.45) is 7.05 Å². The van der Waals surface area contributed by atoms with Crippen LogP contribution in [0.1, 0.15) is 21.5 Å². The summed E-state index contributed by atoms with van der Waals surface area (Å²) in [6.45, 7) is 0.665. The quantitative estimate of drug-likeness (QED) is 0.251. The average molecular weight is 683 g/mol. The number of nitrogens with one attached hydrogen (secondary N) is 1. The number of carboxylic acid groups (broad SMARTS) is 2. The van der Waals surface area contributed by atoms with Gasteiger partial charge in [-0.05, 0) is 61.6 Å². The van der Waals surface area contributed by atoms with Crippen LogP contribution in [0.3, 0.4) is 0 Å². The number of aromatic nitrogens is 2. The minimum absolute atomic E-state index is 0.0113. The molecule has 0 spiro atoms. The Labute approximate surface area is 269 Å². The maximum absolute atomic E-state index is 13.3. The summed E-state index contributed by atoms with van der Waals surface area (Å²) in [4.78, 5) is 61.9. The number of carbonyl (C=O) groups is 3. The number of fused-ring (bicyclic) bond motifs is 1. The number of hydrogen-bond acceptors (Lipinski definition) is 6. The van der Waals surface area contributed by atoms with E-state index in [2.05, 4.69) is 5.32 Å². The van der Waals surface area contributed by atoms with Crippen molar-refractivity contribution in [2.45, 2.75) is 25.2 Å². The lowest BCUT2D eigenvalue weighted by molar-refractivity contribution is -0.192. The lowest BCUT2D eigenvalue weighted by Crippen LogP contribution is -2.42. The highest BCUT2D eigenvalue weighted by Crippen LogP contribution is 2.24. The monoisotopic (exact) mass is 682 g/mol. The second-order valence-electron chi connectivity index (χ2n) is 10.2. The Morgan fingerprint density at radius 1 is 0.935 bits per heavy atom. The minimum Gasteiger partial charge on any atom is -0.480 e. The number of carboxylic acids is 2. The summed E-state index contributed by atoms with van der Waals surface area (Å²) in [5.41, 5.74) is 1.44. The molecule has 3 aromatic carbocycles. The Hall–Kier alpha value is -4.66. The number of amides is 1. The van der Waals surface area contributed by atoms with E-state index < -0.39 is 41.3 Å². The van der Waals surface area contributed by atoms with Gasteiger partial charge in [0, 0.05) is 20.0 Å². The predicted molar refractivity (Wildman–Crippen MR) is 165 cm³/mol. The van der Waals surface area contributed by atoms with Crippen LogP contribution in [0.25, 0.3) is 16.6 Å². The van der Waals surface area contributed by atoms with Crippen molar-refractivity contribution in [3.63, 3.8) is 0 Å². The molecule has 4 aromatic rings. The Kier molecular flexibility index (Phi) is 11.4. The molecule has 0 saturated carbocycles. The van der Waals surface area contributed by atoms with E-state index in [9.17, 15) is 37.5 Å². The molecular weight excluding hydrogens is 656 g/mol. The van der Waals surface area contributed by atoms with Crippen molar-refractivity contribution >= 4 is 52.0 Å². The average Bonchev–Trinajstić information content (AvgIpc) is 2.96. The van der Waals surface area contributed by atoms with Crippen molar-refractivity contribution in [1.82, 2.24) is 19.4 Å². The highest BCUT2D eigenvalue weighted by molar-refractivity contribution is 6.39. The smallest absolute Gasteiger partial charge is 0.480 e. The first-order valence-corrected chi connectivity index (χ1v) is 13.9. The van der Waals surface area contributed by atoms with Crippen LogP contribution in [-0.2, 0) is 29.6 Å². The highest BCUT2D eigenvalue weighted by atomic mass is 35.5. The van der Waals surface area contributed by atoms with Gasteiger partial charge in [0.25, 0.3) is 11.5 Å². The Morgan fingerprint density at radius 2 is 1.48 bits per heavy atom. The van der Waals surface area contributed by atoms with Crippen LogP contribution in [0.2, 0.25) is 10.0 Å². The SMILES string of the molecule is CN(C)Cc1ccc2c(=O)n(-c3ccc(C[C@H](NC(=O)c4c(Cl)cccc4Cl)C(=O)O)cc3)c(=O)n(C)c2c1.O=C(O)C(F)(F)F. The van der Waals surface area contributed by atoms with Gasteiger partial charge >= 0.3 is 23.8 Å². The molecule has 0 aliphatic heterocycles. The zero-order valence-corrected chi connectivity index (χ0v) is 25.9. The summed E-state index contributed by atoms with van der Waals surface area (Å²) in [7, 11) is 5.48. The third kappa shape index (κ3) is 8.53. The van der Waals surface area contributed by atoms with Crippen molar-refractivity contribution in [2.75, 3.05) is 14.1 Å². The molecule has 0 aliphatic rings. The van der Waals surface area contributed by atoms with Crippen molar-refractivity contribution in [1.29, 1.82) is 0 Å². The first kappa shape index (κ1) is 35.8. The summed E-state index contributed by atoms with van der Waals surface area (Å²) >= 11 is 12.1. The molecule has 4 rings (SSSR count). The van der Waals surface area contributed by atoms with Gasteiger partial charge in [0.2, 0.25) is 0 Å². The molecule has 46 heavy (non-hydrogen) atoms. The number of hydrogen-bond donors (Lipinski definition) is 3. The lowest BCUT2D eigenvalue weighted by atomic mass is 10.0. The maximum Gasteiger partial charge on any atom is 0.490 e. The van der Waals surface area contributed by atoms with Gasteiger partial charge in [-0.2, -0.15) is 13.2 Å². The fraction of sp³-hybridized carbons (Fsp3) is 0.233. The molecule has 1 aromatic heterocycles. The van der Waals surface area contributed by atoms with Gasteiger partial charge in [-0.25, -0.2) is 19.0 Å². The number of carbonyl (C=O) groups excluding carboxylic acids is 1. The number of nitrogens with zero attached hydrogens (tertiary/aromatic N) is 3. The fourth-order valence-corrected chi connectivity index (χ4v) is 4.92. The summed E-state index contributed by atoms with van der Waals surface area (Å²) in [6.07, 6.45) is -5.14. The Balaban J connectivity index is 0.000000738. The van der Waals surface area contributed by atoms with Gasteiger partial charge in [-0.1, -0.05) is 47.5 Å². The Bertz CT molecular complexity index is 1890. The number of alkyl halides is 3. The van der Waals surface area contributed by atoms with Crippen LogP contribution in [0, 0.1) is 0 Å². The first-order valence-electron chi connectivity index (χ1n) is 13.2. The van der Waals surface area contributed by atoms with E-state index in [4.69, 9.17) is 33.1 Å². The Morgan fingerprint density at radius 3 is 1.98 bits per heavy atom. The second kappa shape index (κ2) is 14.6. The molecule has 1 atom stereocenters. The van der Waals surface area contributed by atoms with Crippen LogP contribution >= 0.6 is 23.2 Å². The van der Waals surface area contributed by atoms with Crippen LogP contribution < -0.4 is 16.6 Å². The molecule has 0 bridgehead atoms. The van der Waals surface area contributed by atoms with Crippen LogP contribution in [0.5, 0.6) is 0 Å². The molecule has 3 N–H and O–H groups in total. The third-order valence-electron chi connectivity index (χ3n) is 6.50. The zero-order chi connectivity index (χ0) is 34.5. The predicted octanol–water partition coefficient (Wildman–Crippen LogP) is 4.12. The molecule has 244 valence electrons. The van der Waals surface area contributed by atoms with E-state index in [0.717, 1.165) is 10.1 Å². The topological polar surface area (TPSA) is 151 Å². The summed E-state index contributed by atoms with van der Waals surface area (Å²) < 4.78 is 34.2. The van der Waals surface area contributed by atoms with E-state index in [-0.39, 0.29) is 22.0 Å². The van der Waals surface area contributed by atoms with Crippen molar-refractivity contribution in [3.05, 3.63) is 108 Å². The lowest BCUT2D eigenvalue weighted by Gasteiger charge is -2.16. The molecule has 0 unspecified atom stereocenters. The number of halogens is 5. The molecule has 0 fully saturated rings. The fourth-order valence-electron chi connectivity index (χ4n) is 4.35. The summed E-state index contributed by atoms with van der Waals surface area (Å²) in [5, 5.41) is 19.9. The van der Waals surface area contributed by atoms with Gasteiger partial charge in [-0.15, -0.1) is 0 Å². The number of rotatable bonds is 8. The van der Waals surface area contributed by atoms with Gasteiger partial charge < -0.3 is 20.4 Å². The molecule has 0 aliphatic carbocycles. The highest BCUT2D eigenvalue weighted by Gasteiger charge is 2.38. The molecule has 1 amide bonds. The van der Waals surface area contributed by atoms with Crippen molar-refractivity contribution < 1.29 is 37.8 Å². The van der Waals surface area contributed by atoms with Gasteiger partial charge in [0.15, 0.2) is 0 Å². The standard InChI is InChI=1S/C28H26Cl2N4O5.C2HF3O2/c1-32(2)15-17-9-12-19-23(14-17)33(3)28(39)34(26(19)36)18-10-7-16(8-11-18)13-22(27(37)38)31-25(35)24-20(29)5-4-6-21(24)30;3-2(4,5)1(6)7/h4-12,14,22H,13,15H2,1-3H3,(H,31,35)(H,37,38);(H,6,7)/t22-;/m0./s1. The van der Waals surface area contributed by atoms with Gasteiger partial charge in [0.05, 0.1) is 32.2 Å². The van der Waals surface area contributed by atoms with E-state index in [1.807, 2.05) is 31.1 Å². The largest absolute Gasteiger partial charge is 0.490 e. The number of benzene rings is 3. The molecule has 16 heteroatoms. The van der Waals surface area contributed by atoms with Crippen molar-refractivity contribution in [3.8, 4) is 5.69 Å². The van der Waals surface area contributed by atoms with Gasteiger partial charge in [-0.3, -0.25) is 14.2 Å². The molecule has 0 saturated heterocycles. The van der Waals surface area contributed by atoms with E-state index >= 15 is 0 Å². The normalized spacial score (nSPS) is 11.9. The molecule has 0 radical (unpaired) electrons. The van der Waals surface area contributed by atoms with Crippen LogP contribution in [0.4, 0.5) is 13.2 Å². The second-order valence-corrected chi connectivity index (χ2v) is 11.0. The zero-order valence-electron chi connectivity index (χ0n) is 24.4.